The van der Waals surface area contributed by atoms with E-state index in [2.05, 4.69) is 6.92 Å². The molecule has 0 unspecified atom stereocenters. The zero-order valence-electron chi connectivity index (χ0n) is 13.3. The van der Waals surface area contributed by atoms with Crippen molar-refractivity contribution in [3.05, 3.63) is 11.8 Å². The minimum atomic E-state index is -0.728. The first-order valence-corrected chi connectivity index (χ1v) is 8.63. The molecule has 0 spiro atoms. The molecule has 4 nitrogen and oxygen atoms in total. The van der Waals surface area contributed by atoms with Crippen LogP contribution in [0.4, 0.5) is 4.79 Å². The highest BCUT2D eigenvalue weighted by Gasteiger charge is 2.40. The molecule has 0 aromatic carbocycles. The largest absolute Gasteiger partial charge is 0.513 e. The van der Waals surface area contributed by atoms with Crippen molar-refractivity contribution < 1.29 is 19.1 Å². The third-order valence-electron chi connectivity index (χ3n) is 3.56. The highest BCUT2D eigenvalue weighted by atomic mass is 32.2. The second-order valence-corrected chi connectivity index (χ2v) is 6.97. The molecule has 0 radical (unpaired) electrons. The predicted octanol–water partition coefficient (Wildman–Crippen LogP) is 4.83. The van der Waals surface area contributed by atoms with Crippen LogP contribution < -0.4 is 0 Å². The van der Waals surface area contributed by atoms with Crippen molar-refractivity contribution in [2.75, 3.05) is 6.61 Å². The van der Waals surface area contributed by atoms with E-state index in [1.54, 1.807) is 6.92 Å². The van der Waals surface area contributed by atoms with Crippen LogP contribution in [0.25, 0.3) is 0 Å². The molecule has 0 aromatic rings. The monoisotopic (exact) mass is 314 g/mol. The van der Waals surface area contributed by atoms with Gasteiger partial charge in [-0.15, -0.1) is 0 Å². The van der Waals surface area contributed by atoms with E-state index in [1.165, 1.54) is 43.5 Å². The maximum atomic E-state index is 11.6. The summed E-state index contributed by atoms with van der Waals surface area (Å²) < 4.78 is 9.54. The summed E-state index contributed by atoms with van der Waals surface area (Å²) in [4.78, 5) is 23.1. The van der Waals surface area contributed by atoms with Crippen LogP contribution in [0.3, 0.4) is 0 Å². The lowest BCUT2D eigenvalue weighted by Crippen LogP contribution is -2.24. The van der Waals surface area contributed by atoms with Gasteiger partial charge in [-0.05, 0) is 20.3 Å². The first-order chi connectivity index (χ1) is 10.0. The Morgan fingerprint density at radius 1 is 1.19 bits per heavy atom. The van der Waals surface area contributed by atoms with Crippen LogP contribution in [0.5, 0.6) is 0 Å². The van der Waals surface area contributed by atoms with Crippen LogP contribution in [0, 0.1) is 0 Å². The Morgan fingerprint density at radius 3 is 2.52 bits per heavy atom. The summed E-state index contributed by atoms with van der Waals surface area (Å²) in [6.45, 7) is 6.15. The summed E-state index contributed by atoms with van der Waals surface area (Å²) in [5.74, 6) is 0.435. The molecule has 0 N–H and O–H groups in total. The minimum absolute atomic E-state index is 0.0530. The van der Waals surface area contributed by atoms with Crippen LogP contribution in [0.2, 0.25) is 0 Å². The van der Waals surface area contributed by atoms with Crippen molar-refractivity contribution in [1.82, 2.24) is 0 Å². The first kappa shape index (κ1) is 18.1. The fourth-order valence-electron chi connectivity index (χ4n) is 2.35. The Morgan fingerprint density at radius 2 is 1.86 bits per heavy atom. The molecule has 21 heavy (non-hydrogen) atoms. The number of ether oxygens (including phenoxy) is 2. The number of unbranched alkanes of at least 4 members (excludes halogenated alkanes) is 5. The summed E-state index contributed by atoms with van der Waals surface area (Å²) in [5.41, 5.74) is 0. The molecule has 0 aliphatic carbocycles. The molecular weight excluding hydrogens is 288 g/mol. The van der Waals surface area contributed by atoms with E-state index in [-0.39, 0.29) is 11.7 Å². The molecule has 0 amide bonds. The van der Waals surface area contributed by atoms with Gasteiger partial charge in [-0.2, -0.15) is 0 Å². The van der Waals surface area contributed by atoms with Crippen LogP contribution in [-0.4, -0.2) is 22.6 Å². The summed E-state index contributed by atoms with van der Waals surface area (Å²) in [5, 5.41) is -0.0530. The smallest absolute Gasteiger partial charge is 0.434 e. The Kier molecular flexibility index (Phi) is 7.86. The fraction of sp³-hybridized carbons (Fsp3) is 0.750. The van der Waals surface area contributed by atoms with Crippen molar-refractivity contribution in [3.8, 4) is 0 Å². The molecule has 0 saturated carbocycles. The second kappa shape index (κ2) is 9.13. The second-order valence-electron chi connectivity index (χ2n) is 5.46. The maximum absolute atomic E-state index is 11.6. The highest BCUT2D eigenvalue weighted by Crippen LogP contribution is 2.44. The lowest BCUT2D eigenvalue weighted by Gasteiger charge is -2.24. The van der Waals surface area contributed by atoms with Crippen LogP contribution in [0.15, 0.2) is 11.8 Å². The van der Waals surface area contributed by atoms with Crippen LogP contribution in [-0.2, 0) is 14.3 Å². The van der Waals surface area contributed by atoms with Crippen molar-refractivity contribution >= 4 is 23.0 Å². The lowest BCUT2D eigenvalue weighted by atomic mass is 9.99. The third-order valence-corrected chi connectivity index (χ3v) is 4.73. The van der Waals surface area contributed by atoms with Crippen LogP contribution >= 0.6 is 11.8 Å². The Labute approximate surface area is 131 Å². The summed E-state index contributed by atoms with van der Waals surface area (Å²) >= 11 is 1.24. The number of hydrogen-bond donors (Lipinski definition) is 0. The average molecular weight is 314 g/mol. The molecule has 1 rings (SSSR count). The van der Waals surface area contributed by atoms with Crippen molar-refractivity contribution in [3.63, 3.8) is 0 Å². The zero-order chi connectivity index (χ0) is 15.7. The molecule has 1 heterocycles. The Balaban J connectivity index is 2.44. The number of thioether (sulfide) groups is 1. The van der Waals surface area contributed by atoms with Crippen molar-refractivity contribution in [2.45, 2.75) is 70.5 Å². The van der Waals surface area contributed by atoms with Gasteiger partial charge in [0, 0.05) is 6.08 Å². The topological polar surface area (TPSA) is 52.6 Å². The molecule has 1 aliphatic heterocycles. The summed E-state index contributed by atoms with van der Waals surface area (Å²) in [6, 6.07) is 0. The molecule has 1 atom stereocenters. The van der Waals surface area contributed by atoms with Gasteiger partial charge in [0.2, 0.25) is 5.12 Å². The Hall–Kier alpha value is -0.970. The Bertz CT molecular complexity index is 392. The van der Waals surface area contributed by atoms with Gasteiger partial charge >= 0.3 is 6.16 Å². The molecule has 0 fully saturated rings. The van der Waals surface area contributed by atoms with E-state index in [4.69, 9.17) is 9.47 Å². The molecule has 0 bridgehead atoms. The fourth-order valence-corrected chi connectivity index (χ4v) is 3.41. The average Bonchev–Trinajstić information content (AvgIpc) is 2.69. The maximum Gasteiger partial charge on any atom is 0.513 e. The van der Waals surface area contributed by atoms with Gasteiger partial charge in [0.1, 0.15) is 5.76 Å². The van der Waals surface area contributed by atoms with Crippen molar-refractivity contribution in [1.29, 1.82) is 0 Å². The minimum Gasteiger partial charge on any atom is -0.434 e. The van der Waals surface area contributed by atoms with E-state index in [1.807, 2.05) is 6.92 Å². The quantitative estimate of drug-likeness (QED) is 0.451. The predicted molar refractivity (Wildman–Crippen MR) is 85.2 cm³/mol. The van der Waals surface area contributed by atoms with E-state index in [0.717, 1.165) is 19.3 Å². The van der Waals surface area contributed by atoms with E-state index >= 15 is 0 Å². The highest BCUT2D eigenvalue weighted by molar-refractivity contribution is 8.15. The zero-order valence-corrected chi connectivity index (χ0v) is 14.1. The number of carbonyl (C=O) groups excluding carboxylic acids is 2. The molecule has 0 saturated heterocycles. The molecule has 1 aliphatic rings. The molecular formula is C16H26O4S. The van der Waals surface area contributed by atoms with Gasteiger partial charge in [-0.3, -0.25) is 4.79 Å². The first-order valence-electron chi connectivity index (χ1n) is 7.81. The van der Waals surface area contributed by atoms with Gasteiger partial charge < -0.3 is 9.47 Å². The van der Waals surface area contributed by atoms with Gasteiger partial charge in [-0.1, -0.05) is 57.2 Å². The SMILES string of the molecule is CCCCCCCC[C@@]1(C)SC(=O)C=C1OC(=O)OCC. The van der Waals surface area contributed by atoms with Crippen LogP contribution in [0.1, 0.15) is 65.7 Å². The summed E-state index contributed by atoms with van der Waals surface area (Å²) in [6.07, 6.45) is 8.71. The number of carbonyl (C=O) groups is 2. The van der Waals surface area contributed by atoms with E-state index in [9.17, 15) is 9.59 Å². The molecule has 0 aromatic heterocycles. The number of rotatable bonds is 9. The molecule has 5 heteroatoms. The van der Waals surface area contributed by atoms with Gasteiger partial charge in [-0.25, -0.2) is 4.79 Å². The van der Waals surface area contributed by atoms with Gasteiger partial charge in [0.05, 0.1) is 11.4 Å². The molecule has 120 valence electrons. The normalized spacial score (nSPS) is 21.3. The van der Waals surface area contributed by atoms with Crippen molar-refractivity contribution in [2.24, 2.45) is 0 Å². The van der Waals surface area contributed by atoms with Gasteiger partial charge in [0.15, 0.2) is 0 Å². The van der Waals surface area contributed by atoms with Gasteiger partial charge in [0.25, 0.3) is 0 Å². The number of hydrogen-bond acceptors (Lipinski definition) is 5. The standard InChI is InChI=1S/C16H26O4S/c1-4-6-7-8-9-10-11-16(3)13(12-14(17)21-16)20-15(18)19-5-2/h12H,4-11H2,1-3H3/t16-/m1/s1. The lowest BCUT2D eigenvalue weighted by molar-refractivity contribution is -0.106. The summed E-state index contributed by atoms with van der Waals surface area (Å²) in [7, 11) is 0. The van der Waals surface area contributed by atoms with E-state index < -0.39 is 10.9 Å². The van der Waals surface area contributed by atoms with E-state index in [0.29, 0.717) is 5.76 Å². The third kappa shape index (κ3) is 6.12.